The molecule has 0 aliphatic rings. The maximum absolute atomic E-state index is 13.6. The maximum Gasteiger partial charge on any atom is 0.267 e. The van der Waals surface area contributed by atoms with Crippen LogP contribution in [0, 0.1) is 24.4 Å². The molecule has 3 rings (SSSR count). The highest BCUT2D eigenvalue weighted by atomic mass is 19.2. The van der Waals surface area contributed by atoms with E-state index in [2.05, 4.69) is 10.1 Å². The third kappa shape index (κ3) is 3.24. The number of rotatable bonds is 4. The van der Waals surface area contributed by atoms with Crippen molar-refractivity contribution in [3.05, 3.63) is 65.3 Å². The number of ether oxygens (including phenoxy) is 1. The van der Waals surface area contributed by atoms with Gasteiger partial charge in [-0.2, -0.15) is 4.98 Å². The Bertz CT molecular complexity index is 880. The second-order valence-corrected chi connectivity index (χ2v) is 5.26. The summed E-state index contributed by atoms with van der Waals surface area (Å²) in [6.45, 7) is 3.27. The van der Waals surface area contributed by atoms with Gasteiger partial charge in [-0.15, -0.1) is 0 Å². The second kappa shape index (κ2) is 6.35. The largest absolute Gasteiger partial charge is 0.481 e. The molecule has 124 valence electrons. The first-order valence-corrected chi connectivity index (χ1v) is 7.16. The first-order valence-electron chi connectivity index (χ1n) is 7.16. The minimum atomic E-state index is -1.01. The molecule has 0 radical (unpaired) electrons. The lowest BCUT2D eigenvalue weighted by molar-refractivity contribution is 0.175. The van der Waals surface area contributed by atoms with Gasteiger partial charge in [-0.05, 0) is 37.6 Å². The Balaban J connectivity index is 1.79. The number of nitrogens with zero attached hydrogens (tertiary/aromatic N) is 2. The average molecular weight is 334 g/mol. The zero-order valence-electron chi connectivity index (χ0n) is 12.9. The maximum atomic E-state index is 13.6. The fraction of sp³-hybridized carbons (Fsp3) is 0.176. The molecule has 0 N–H and O–H groups in total. The summed E-state index contributed by atoms with van der Waals surface area (Å²) in [6.07, 6.45) is -0.689. The van der Waals surface area contributed by atoms with Crippen molar-refractivity contribution in [1.29, 1.82) is 0 Å². The van der Waals surface area contributed by atoms with Crippen LogP contribution in [0.2, 0.25) is 0 Å². The summed E-state index contributed by atoms with van der Waals surface area (Å²) in [5.74, 6) is -1.87. The molecule has 3 aromatic rings. The Morgan fingerprint density at radius 3 is 2.50 bits per heavy atom. The highest BCUT2D eigenvalue weighted by Gasteiger charge is 2.18. The summed E-state index contributed by atoms with van der Waals surface area (Å²) in [7, 11) is 0. The fourth-order valence-corrected chi connectivity index (χ4v) is 2.05. The van der Waals surface area contributed by atoms with Crippen molar-refractivity contribution in [2.75, 3.05) is 0 Å². The van der Waals surface area contributed by atoms with Gasteiger partial charge in [0.15, 0.2) is 17.7 Å². The van der Waals surface area contributed by atoms with Crippen molar-refractivity contribution in [1.82, 2.24) is 10.1 Å². The summed E-state index contributed by atoms with van der Waals surface area (Å²) in [5, 5.41) is 3.78. The van der Waals surface area contributed by atoms with Gasteiger partial charge in [0.05, 0.1) is 0 Å². The van der Waals surface area contributed by atoms with Gasteiger partial charge in [0.2, 0.25) is 5.82 Å². The molecular weight excluding hydrogens is 321 g/mol. The van der Waals surface area contributed by atoms with Gasteiger partial charge in [-0.1, -0.05) is 17.3 Å². The van der Waals surface area contributed by atoms with Crippen LogP contribution in [0.25, 0.3) is 11.4 Å². The van der Waals surface area contributed by atoms with Crippen LogP contribution in [0.1, 0.15) is 24.5 Å². The van der Waals surface area contributed by atoms with E-state index in [1.54, 1.807) is 26.0 Å². The molecule has 1 unspecified atom stereocenters. The lowest BCUT2D eigenvalue weighted by Crippen LogP contribution is -2.04. The Morgan fingerprint density at radius 1 is 1.00 bits per heavy atom. The van der Waals surface area contributed by atoms with E-state index in [1.165, 1.54) is 12.1 Å². The normalized spacial score (nSPS) is 12.2. The van der Waals surface area contributed by atoms with Crippen molar-refractivity contribution < 1.29 is 22.4 Å². The number of aryl methyl sites for hydroxylation is 1. The highest BCUT2D eigenvalue weighted by Crippen LogP contribution is 2.25. The van der Waals surface area contributed by atoms with Crippen LogP contribution in [-0.2, 0) is 0 Å². The molecule has 1 heterocycles. The Morgan fingerprint density at radius 2 is 1.79 bits per heavy atom. The third-order valence-electron chi connectivity index (χ3n) is 3.42. The van der Waals surface area contributed by atoms with Crippen LogP contribution < -0.4 is 4.74 Å². The minimum Gasteiger partial charge on any atom is -0.481 e. The molecule has 24 heavy (non-hydrogen) atoms. The lowest BCUT2D eigenvalue weighted by Gasteiger charge is -2.10. The molecule has 2 aromatic carbocycles. The van der Waals surface area contributed by atoms with E-state index in [9.17, 15) is 13.2 Å². The average Bonchev–Trinajstić information content (AvgIpc) is 3.04. The second-order valence-electron chi connectivity index (χ2n) is 5.26. The van der Waals surface area contributed by atoms with E-state index >= 15 is 0 Å². The van der Waals surface area contributed by atoms with Gasteiger partial charge in [0, 0.05) is 11.6 Å². The van der Waals surface area contributed by atoms with E-state index in [0.717, 1.165) is 12.1 Å². The lowest BCUT2D eigenvalue weighted by atomic mass is 10.1. The standard InChI is InChI=1S/C17H13F3N2O2/c1-9-3-4-11(7-14(9)19)16-21-17(24-22-16)10(2)23-12-5-6-13(18)15(20)8-12/h3-8,10H,1-2H3. The predicted octanol–water partition coefficient (Wildman–Crippen LogP) is 4.60. The summed E-state index contributed by atoms with van der Waals surface area (Å²) in [6, 6.07) is 7.78. The molecule has 0 aliphatic carbocycles. The van der Waals surface area contributed by atoms with E-state index < -0.39 is 17.7 Å². The Kier molecular flexibility index (Phi) is 4.24. The topological polar surface area (TPSA) is 48.2 Å². The van der Waals surface area contributed by atoms with E-state index in [1.807, 2.05) is 0 Å². The molecular formula is C17H13F3N2O2. The van der Waals surface area contributed by atoms with Crippen molar-refractivity contribution >= 4 is 0 Å². The number of benzene rings is 2. The van der Waals surface area contributed by atoms with Crippen molar-refractivity contribution in [2.24, 2.45) is 0 Å². The summed E-state index contributed by atoms with van der Waals surface area (Å²) in [4.78, 5) is 4.15. The van der Waals surface area contributed by atoms with Gasteiger partial charge in [0.25, 0.3) is 5.89 Å². The summed E-state index contributed by atoms with van der Waals surface area (Å²) < 4.78 is 50.3. The molecule has 0 aliphatic heterocycles. The molecule has 0 bridgehead atoms. The third-order valence-corrected chi connectivity index (χ3v) is 3.42. The van der Waals surface area contributed by atoms with E-state index in [-0.39, 0.29) is 23.3 Å². The minimum absolute atomic E-state index is 0.127. The Labute approximate surface area is 135 Å². The predicted molar refractivity (Wildman–Crippen MR) is 79.8 cm³/mol. The molecule has 0 saturated heterocycles. The van der Waals surface area contributed by atoms with E-state index in [0.29, 0.717) is 11.1 Å². The number of aromatic nitrogens is 2. The number of hydrogen-bond donors (Lipinski definition) is 0. The van der Waals surface area contributed by atoms with Crippen LogP contribution in [0.4, 0.5) is 13.2 Å². The first-order chi connectivity index (χ1) is 11.4. The highest BCUT2D eigenvalue weighted by molar-refractivity contribution is 5.54. The summed E-state index contributed by atoms with van der Waals surface area (Å²) in [5.41, 5.74) is 0.977. The monoisotopic (exact) mass is 334 g/mol. The van der Waals surface area contributed by atoms with E-state index in [4.69, 9.17) is 9.26 Å². The van der Waals surface area contributed by atoms with Crippen molar-refractivity contribution in [2.45, 2.75) is 20.0 Å². The number of halogens is 3. The molecule has 0 spiro atoms. The van der Waals surface area contributed by atoms with Crippen LogP contribution in [0.15, 0.2) is 40.9 Å². The van der Waals surface area contributed by atoms with Gasteiger partial charge < -0.3 is 9.26 Å². The quantitative estimate of drug-likeness (QED) is 0.699. The molecule has 0 fully saturated rings. The van der Waals surface area contributed by atoms with Gasteiger partial charge in [-0.25, -0.2) is 13.2 Å². The molecule has 1 aromatic heterocycles. The van der Waals surface area contributed by atoms with Crippen LogP contribution in [0.5, 0.6) is 5.75 Å². The molecule has 0 amide bonds. The molecule has 0 saturated carbocycles. The number of hydrogen-bond acceptors (Lipinski definition) is 4. The fourth-order valence-electron chi connectivity index (χ4n) is 2.05. The van der Waals surface area contributed by atoms with Crippen molar-refractivity contribution in [3.63, 3.8) is 0 Å². The van der Waals surface area contributed by atoms with Gasteiger partial charge >= 0.3 is 0 Å². The summed E-state index contributed by atoms with van der Waals surface area (Å²) >= 11 is 0. The van der Waals surface area contributed by atoms with Gasteiger partial charge in [0.1, 0.15) is 11.6 Å². The molecule has 1 atom stereocenters. The van der Waals surface area contributed by atoms with Gasteiger partial charge in [-0.3, -0.25) is 0 Å². The van der Waals surface area contributed by atoms with Crippen LogP contribution in [-0.4, -0.2) is 10.1 Å². The van der Waals surface area contributed by atoms with Crippen LogP contribution >= 0.6 is 0 Å². The van der Waals surface area contributed by atoms with Crippen molar-refractivity contribution in [3.8, 4) is 17.1 Å². The molecule has 7 heteroatoms. The molecule has 4 nitrogen and oxygen atoms in total. The first kappa shape index (κ1) is 16.0. The van der Waals surface area contributed by atoms with Crippen LogP contribution in [0.3, 0.4) is 0 Å². The Hall–Kier alpha value is -2.83. The zero-order chi connectivity index (χ0) is 17.3. The smallest absolute Gasteiger partial charge is 0.267 e. The zero-order valence-corrected chi connectivity index (χ0v) is 12.9. The SMILES string of the molecule is Cc1ccc(-c2noc(C(C)Oc3ccc(F)c(F)c3)n2)cc1F.